The lowest BCUT2D eigenvalue weighted by Crippen LogP contribution is -2.28. The summed E-state index contributed by atoms with van der Waals surface area (Å²) in [5.74, 6) is -0.442. The van der Waals surface area contributed by atoms with E-state index in [1.165, 1.54) is 11.8 Å². The Morgan fingerprint density at radius 2 is 2.00 bits per heavy atom. The minimum absolute atomic E-state index is 0.113. The highest BCUT2D eigenvalue weighted by Crippen LogP contribution is 2.31. The van der Waals surface area contributed by atoms with Gasteiger partial charge in [-0.25, -0.2) is 9.97 Å². The number of thioether (sulfide) groups is 1. The van der Waals surface area contributed by atoms with E-state index in [1.807, 2.05) is 49.2 Å². The maximum atomic E-state index is 11.9. The lowest BCUT2D eigenvalue weighted by molar-refractivity contribution is 0.100. The van der Waals surface area contributed by atoms with Crippen molar-refractivity contribution in [2.45, 2.75) is 39.4 Å². The van der Waals surface area contributed by atoms with Crippen molar-refractivity contribution in [1.82, 2.24) is 14.5 Å². The molecular weight excluding hydrogens is 346 g/mol. The van der Waals surface area contributed by atoms with Crippen LogP contribution in [0.25, 0.3) is 21.8 Å². The number of rotatable bonds is 5. The van der Waals surface area contributed by atoms with E-state index in [1.54, 1.807) is 0 Å². The zero-order valence-corrected chi connectivity index (χ0v) is 16.9. The number of carbonyl (C=O) groups is 1. The molecule has 0 saturated carbocycles. The largest absolute Gasteiger partial charge is 0.366 e. The van der Waals surface area contributed by atoms with Gasteiger partial charge in [-0.15, -0.1) is 0 Å². The molecular formula is C19H27N5OS. The van der Waals surface area contributed by atoms with Crippen LogP contribution in [0, 0.1) is 5.41 Å². The molecule has 0 unspecified atom stereocenters. The maximum Gasteiger partial charge on any atom is 0.250 e. The van der Waals surface area contributed by atoms with Gasteiger partial charge in [-0.1, -0.05) is 51.6 Å². The van der Waals surface area contributed by atoms with Crippen LogP contribution in [0.2, 0.25) is 0 Å². The SMILES string of the molecule is CC.CSc1ncc2ccc3c(C(N)=O)cn(CC(C)(C)CN)c3c2n1. The van der Waals surface area contributed by atoms with Crippen LogP contribution < -0.4 is 11.5 Å². The van der Waals surface area contributed by atoms with Crippen LogP contribution in [0.4, 0.5) is 0 Å². The normalized spacial score (nSPS) is 11.5. The van der Waals surface area contributed by atoms with Gasteiger partial charge >= 0.3 is 0 Å². The molecule has 0 aliphatic carbocycles. The quantitative estimate of drug-likeness (QED) is 0.527. The zero-order chi connectivity index (χ0) is 19.5. The van der Waals surface area contributed by atoms with E-state index in [4.69, 9.17) is 11.5 Å². The number of primary amides is 1. The summed E-state index contributed by atoms with van der Waals surface area (Å²) in [6.07, 6.45) is 5.56. The Balaban J connectivity index is 0.00000117. The number of nitrogens with two attached hydrogens (primary N) is 2. The summed E-state index contributed by atoms with van der Waals surface area (Å²) in [7, 11) is 0. The summed E-state index contributed by atoms with van der Waals surface area (Å²) in [6.45, 7) is 9.39. The van der Waals surface area contributed by atoms with Crippen molar-refractivity contribution < 1.29 is 4.79 Å². The van der Waals surface area contributed by atoms with Gasteiger partial charge in [0.2, 0.25) is 0 Å². The average molecular weight is 374 g/mol. The Morgan fingerprint density at radius 1 is 1.31 bits per heavy atom. The van der Waals surface area contributed by atoms with E-state index in [9.17, 15) is 4.79 Å². The van der Waals surface area contributed by atoms with E-state index in [0.717, 1.165) is 21.8 Å². The Hall–Kier alpha value is -2.12. The number of aromatic nitrogens is 3. The third-order valence-electron chi connectivity index (χ3n) is 4.17. The van der Waals surface area contributed by atoms with Crippen LogP contribution in [0.3, 0.4) is 0 Å². The first kappa shape index (κ1) is 20.2. The maximum absolute atomic E-state index is 11.9. The van der Waals surface area contributed by atoms with Crippen molar-refractivity contribution in [1.29, 1.82) is 0 Å². The molecule has 0 saturated heterocycles. The number of amides is 1. The van der Waals surface area contributed by atoms with E-state index in [0.29, 0.717) is 23.8 Å². The summed E-state index contributed by atoms with van der Waals surface area (Å²) in [4.78, 5) is 20.9. The van der Waals surface area contributed by atoms with E-state index < -0.39 is 5.91 Å². The zero-order valence-electron chi connectivity index (χ0n) is 16.0. The second kappa shape index (κ2) is 8.05. The highest BCUT2D eigenvalue weighted by atomic mass is 32.2. The average Bonchev–Trinajstić information content (AvgIpc) is 3.01. The summed E-state index contributed by atoms with van der Waals surface area (Å²) in [6, 6.07) is 3.83. The molecule has 26 heavy (non-hydrogen) atoms. The molecule has 2 heterocycles. The molecule has 0 radical (unpaired) electrons. The molecule has 0 bridgehead atoms. The standard InChI is InChI=1S/C17H21N5OS.C2H6/c1-17(2,8-18)9-22-7-12(15(19)23)11-5-4-10-6-20-16(24-3)21-13(10)14(11)22;1-2/h4-7H,8-9,18H2,1-3H3,(H2,19,23);1-2H3. The molecule has 0 spiro atoms. The van der Waals surface area contributed by atoms with Crippen LogP contribution in [0.1, 0.15) is 38.1 Å². The fraction of sp³-hybridized carbons (Fsp3) is 0.421. The van der Waals surface area contributed by atoms with Crippen molar-refractivity contribution in [2.24, 2.45) is 16.9 Å². The second-order valence-electron chi connectivity index (χ2n) is 6.66. The topological polar surface area (TPSA) is 99.8 Å². The van der Waals surface area contributed by atoms with Crippen molar-refractivity contribution in [3.8, 4) is 0 Å². The molecule has 0 aliphatic heterocycles. The minimum Gasteiger partial charge on any atom is -0.366 e. The van der Waals surface area contributed by atoms with Gasteiger partial charge in [0.25, 0.3) is 5.91 Å². The highest BCUT2D eigenvalue weighted by Gasteiger charge is 2.22. The van der Waals surface area contributed by atoms with Gasteiger partial charge in [0.1, 0.15) is 0 Å². The van der Waals surface area contributed by atoms with Crippen LogP contribution in [0.15, 0.2) is 29.7 Å². The van der Waals surface area contributed by atoms with Gasteiger partial charge in [0, 0.05) is 29.7 Å². The van der Waals surface area contributed by atoms with Gasteiger partial charge in [-0.3, -0.25) is 4.79 Å². The molecule has 0 fully saturated rings. The summed E-state index contributed by atoms with van der Waals surface area (Å²) in [5.41, 5.74) is 13.6. The Kier molecular flexibility index (Phi) is 6.26. The molecule has 3 rings (SSSR count). The molecule has 2 aromatic heterocycles. The predicted molar refractivity (Wildman–Crippen MR) is 110 cm³/mol. The van der Waals surface area contributed by atoms with E-state index >= 15 is 0 Å². The first-order valence-electron chi connectivity index (χ1n) is 8.69. The monoisotopic (exact) mass is 373 g/mol. The number of hydrogen-bond acceptors (Lipinski definition) is 5. The smallest absolute Gasteiger partial charge is 0.250 e. The van der Waals surface area contributed by atoms with Crippen molar-refractivity contribution in [3.05, 3.63) is 30.1 Å². The summed E-state index contributed by atoms with van der Waals surface area (Å²) in [5, 5.41) is 2.44. The van der Waals surface area contributed by atoms with Crippen LogP contribution in [-0.2, 0) is 6.54 Å². The van der Waals surface area contributed by atoms with Gasteiger partial charge in [-0.05, 0) is 18.2 Å². The second-order valence-corrected chi connectivity index (χ2v) is 7.43. The lowest BCUT2D eigenvalue weighted by Gasteiger charge is -2.23. The van der Waals surface area contributed by atoms with Crippen LogP contribution in [-0.4, -0.2) is 33.2 Å². The Bertz CT molecular complexity index is 932. The first-order chi connectivity index (χ1) is 12.4. The van der Waals surface area contributed by atoms with Gasteiger partial charge in [0.15, 0.2) is 5.16 Å². The van der Waals surface area contributed by atoms with Crippen molar-refractivity contribution in [2.75, 3.05) is 12.8 Å². The molecule has 1 amide bonds. The highest BCUT2D eigenvalue weighted by molar-refractivity contribution is 7.98. The molecule has 0 atom stereocenters. The molecule has 1 aromatic carbocycles. The Labute approximate surface area is 158 Å². The van der Waals surface area contributed by atoms with Gasteiger partial charge < -0.3 is 16.0 Å². The number of carbonyl (C=O) groups excluding carboxylic acids is 1. The fourth-order valence-electron chi connectivity index (χ4n) is 2.81. The number of benzene rings is 1. The van der Waals surface area contributed by atoms with Crippen molar-refractivity contribution >= 4 is 39.5 Å². The molecule has 7 heteroatoms. The lowest BCUT2D eigenvalue weighted by atomic mass is 9.94. The molecule has 3 aromatic rings. The minimum atomic E-state index is -0.442. The van der Waals surface area contributed by atoms with Crippen molar-refractivity contribution in [3.63, 3.8) is 0 Å². The number of fused-ring (bicyclic) bond motifs is 3. The van der Waals surface area contributed by atoms with Crippen LogP contribution >= 0.6 is 11.8 Å². The number of hydrogen-bond donors (Lipinski definition) is 2. The third-order valence-corrected chi connectivity index (χ3v) is 4.73. The van der Waals surface area contributed by atoms with E-state index in [-0.39, 0.29) is 5.41 Å². The van der Waals surface area contributed by atoms with Gasteiger partial charge in [-0.2, -0.15) is 0 Å². The fourth-order valence-corrected chi connectivity index (χ4v) is 3.15. The third kappa shape index (κ3) is 3.83. The molecule has 0 aliphatic rings. The summed E-state index contributed by atoms with van der Waals surface area (Å²) >= 11 is 1.49. The van der Waals surface area contributed by atoms with Gasteiger partial charge in [0.05, 0.1) is 16.6 Å². The molecule has 140 valence electrons. The predicted octanol–water partition coefficient (Wildman–Crippen LogP) is 3.42. The number of nitrogens with zero attached hydrogens (tertiary/aromatic N) is 3. The molecule has 6 nitrogen and oxygen atoms in total. The van der Waals surface area contributed by atoms with Crippen LogP contribution in [0.5, 0.6) is 0 Å². The summed E-state index contributed by atoms with van der Waals surface area (Å²) < 4.78 is 2.04. The first-order valence-corrected chi connectivity index (χ1v) is 9.91. The molecule has 4 N–H and O–H groups in total. The van der Waals surface area contributed by atoms with E-state index in [2.05, 4.69) is 23.8 Å². The Morgan fingerprint density at radius 3 is 2.58 bits per heavy atom.